The summed E-state index contributed by atoms with van der Waals surface area (Å²) in [5.74, 6) is 0.860. The van der Waals surface area contributed by atoms with Gasteiger partial charge in [0.1, 0.15) is 10.8 Å². The lowest BCUT2D eigenvalue weighted by Gasteiger charge is -2.12. The lowest BCUT2D eigenvalue weighted by molar-refractivity contribution is 0.181. The fraction of sp³-hybridized carbons (Fsp3) is 0.444. The molecule has 8 heteroatoms. The number of benzene rings is 1. The van der Waals surface area contributed by atoms with Gasteiger partial charge < -0.3 is 15.4 Å². The van der Waals surface area contributed by atoms with Crippen LogP contribution in [0, 0.1) is 5.82 Å². The van der Waals surface area contributed by atoms with E-state index in [2.05, 4.69) is 39.8 Å². The Labute approximate surface area is 175 Å². The molecule has 0 radical (unpaired) electrons. The van der Waals surface area contributed by atoms with Gasteiger partial charge in [0.2, 0.25) is 0 Å². The number of halogens is 2. The molecule has 0 saturated carbocycles. The van der Waals surface area contributed by atoms with Crippen LogP contribution >= 0.6 is 35.3 Å². The van der Waals surface area contributed by atoms with Gasteiger partial charge in [0.15, 0.2) is 5.96 Å². The van der Waals surface area contributed by atoms with E-state index in [1.807, 2.05) is 0 Å². The number of methoxy groups -OCH3 is 1. The maximum absolute atomic E-state index is 13.6. The molecule has 0 saturated heterocycles. The lowest BCUT2D eigenvalue weighted by atomic mass is 10.1. The molecule has 0 aliphatic heterocycles. The SMILES string of the molecule is CN=C(NCc1ccc(F)c(COC)c1)NCc1nc(C(C)C)cs1.I. The number of ether oxygens (including phenoxy) is 1. The topological polar surface area (TPSA) is 58.5 Å². The number of aliphatic imine (C=N–C) groups is 1. The van der Waals surface area contributed by atoms with E-state index in [0.717, 1.165) is 16.3 Å². The Morgan fingerprint density at radius 2 is 2.04 bits per heavy atom. The van der Waals surface area contributed by atoms with Gasteiger partial charge in [0, 0.05) is 31.6 Å². The van der Waals surface area contributed by atoms with Crippen molar-refractivity contribution >= 4 is 41.3 Å². The number of hydrogen-bond donors (Lipinski definition) is 2. The molecule has 0 aliphatic rings. The van der Waals surface area contributed by atoms with E-state index in [1.54, 1.807) is 37.6 Å². The molecule has 2 N–H and O–H groups in total. The smallest absolute Gasteiger partial charge is 0.191 e. The van der Waals surface area contributed by atoms with Crippen LogP contribution in [0.2, 0.25) is 0 Å². The Balaban J connectivity index is 0.00000338. The predicted octanol–water partition coefficient (Wildman–Crippen LogP) is 4.04. The van der Waals surface area contributed by atoms with Gasteiger partial charge in [0.05, 0.1) is 18.8 Å². The van der Waals surface area contributed by atoms with E-state index < -0.39 is 0 Å². The van der Waals surface area contributed by atoms with Gasteiger partial charge >= 0.3 is 0 Å². The monoisotopic (exact) mass is 492 g/mol. The van der Waals surface area contributed by atoms with Crippen molar-refractivity contribution in [2.75, 3.05) is 14.2 Å². The molecule has 1 aromatic heterocycles. The van der Waals surface area contributed by atoms with Crippen molar-refractivity contribution in [3.8, 4) is 0 Å². The minimum absolute atomic E-state index is 0. The molecular weight excluding hydrogens is 466 g/mol. The highest BCUT2D eigenvalue weighted by Gasteiger charge is 2.07. The number of nitrogens with one attached hydrogen (secondary N) is 2. The Bertz CT molecular complexity index is 721. The van der Waals surface area contributed by atoms with Gasteiger partial charge in [-0.2, -0.15) is 0 Å². The zero-order valence-corrected chi connectivity index (χ0v) is 18.7. The van der Waals surface area contributed by atoms with Gasteiger partial charge in [-0.1, -0.05) is 19.9 Å². The number of thiazole rings is 1. The van der Waals surface area contributed by atoms with Gasteiger partial charge in [-0.25, -0.2) is 9.37 Å². The second-order valence-corrected chi connectivity index (χ2v) is 6.90. The van der Waals surface area contributed by atoms with Crippen molar-refractivity contribution in [3.63, 3.8) is 0 Å². The molecule has 1 heterocycles. The third-order valence-corrected chi connectivity index (χ3v) is 4.53. The third-order valence-electron chi connectivity index (χ3n) is 3.66. The standard InChI is InChI=1S/C18H25FN4OS.HI/c1-12(2)16-11-25-17(23-16)9-22-18(20-3)21-8-13-5-6-15(19)14(7-13)10-24-4;/h5-7,11-12H,8-10H2,1-4H3,(H2,20,21,22);1H. The van der Waals surface area contributed by atoms with E-state index >= 15 is 0 Å². The van der Waals surface area contributed by atoms with Crippen LogP contribution in [0.3, 0.4) is 0 Å². The first kappa shape index (κ1) is 22.8. The van der Waals surface area contributed by atoms with Gasteiger partial charge in [-0.3, -0.25) is 4.99 Å². The van der Waals surface area contributed by atoms with Crippen LogP contribution in [0.4, 0.5) is 4.39 Å². The summed E-state index contributed by atoms with van der Waals surface area (Å²) in [6.07, 6.45) is 0. The van der Waals surface area contributed by atoms with Crippen molar-refractivity contribution in [2.45, 2.75) is 39.5 Å². The molecule has 0 spiro atoms. The minimum atomic E-state index is -0.252. The zero-order valence-electron chi connectivity index (χ0n) is 15.5. The van der Waals surface area contributed by atoms with Crippen LogP contribution in [-0.4, -0.2) is 25.1 Å². The third kappa shape index (κ3) is 6.81. The van der Waals surface area contributed by atoms with E-state index in [0.29, 0.717) is 30.5 Å². The average molecular weight is 492 g/mol. The van der Waals surface area contributed by atoms with Crippen LogP contribution in [-0.2, 0) is 24.4 Å². The molecule has 26 heavy (non-hydrogen) atoms. The number of aromatic nitrogens is 1. The summed E-state index contributed by atoms with van der Waals surface area (Å²) in [4.78, 5) is 8.80. The van der Waals surface area contributed by atoms with Gasteiger partial charge in [-0.15, -0.1) is 35.3 Å². The molecule has 0 unspecified atom stereocenters. The normalized spacial score (nSPS) is 11.4. The zero-order chi connectivity index (χ0) is 18.2. The summed E-state index contributed by atoms with van der Waals surface area (Å²) in [5.41, 5.74) is 2.63. The van der Waals surface area contributed by atoms with Gasteiger partial charge in [-0.05, 0) is 23.6 Å². The quantitative estimate of drug-likeness (QED) is 0.348. The average Bonchev–Trinajstić information content (AvgIpc) is 3.07. The Hall–Kier alpha value is -1.26. The molecule has 2 rings (SSSR count). The summed E-state index contributed by atoms with van der Waals surface area (Å²) >= 11 is 1.64. The summed E-state index contributed by atoms with van der Waals surface area (Å²) in [6.45, 7) is 5.69. The number of nitrogens with zero attached hydrogens (tertiary/aromatic N) is 2. The van der Waals surface area contributed by atoms with E-state index in [1.165, 1.54) is 6.07 Å². The fourth-order valence-electron chi connectivity index (χ4n) is 2.24. The van der Waals surface area contributed by atoms with Crippen LogP contribution in [0.25, 0.3) is 0 Å². The second-order valence-electron chi connectivity index (χ2n) is 5.96. The molecule has 0 aliphatic carbocycles. The lowest BCUT2D eigenvalue weighted by Crippen LogP contribution is -2.36. The molecule has 0 atom stereocenters. The number of guanidine groups is 1. The molecule has 144 valence electrons. The first-order chi connectivity index (χ1) is 12.0. The largest absolute Gasteiger partial charge is 0.380 e. The van der Waals surface area contributed by atoms with Crippen molar-refractivity contribution in [3.05, 3.63) is 51.2 Å². The van der Waals surface area contributed by atoms with Crippen LogP contribution in [0.15, 0.2) is 28.6 Å². The van der Waals surface area contributed by atoms with Crippen LogP contribution in [0.5, 0.6) is 0 Å². The molecule has 1 aromatic carbocycles. The maximum Gasteiger partial charge on any atom is 0.191 e. The highest BCUT2D eigenvalue weighted by atomic mass is 127. The molecular formula is C18H26FIN4OS. The Morgan fingerprint density at radius 1 is 1.31 bits per heavy atom. The highest BCUT2D eigenvalue weighted by molar-refractivity contribution is 14.0. The fourth-order valence-corrected chi connectivity index (χ4v) is 3.14. The predicted molar refractivity (Wildman–Crippen MR) is 116 cm³/mol. The van der Waals surface area contributed by atoms with Gasteiger partial charge in [0.25, 0.3) is 0 Å². The molecule has 0 amide bonds. The highest BCUT2D eigenvalue weighted by Crippen LogP contribution is 2.17. The summed E-state index contributed by atoms with van der Waals surface area (Å²) < 4.78 is 18.7. The summed E-state index contributed by atoms with van der Waals surface area (Å²) in [5, 5.41) is 9.59. The summed E-state index contributed by atoms with van der Waals surface area (Å²) in [7, 11) is 3.27. The van der Waals surface area contributed by atoms with Crippen LogP contribution in [0.1, 0.15) is 41.6 Å². The molecule has 0 bridgehead atoms. The van der Waals surface area contributed by atoms with Crippen molar-refractivity contribution in [1.82, 2.24) is 15.6 Å². The van der Waals surface area contributed by atoms with Crippen molar-refractivity contribution in [2.24, 2.45) is 4.99 Å². The Kier molecular flexibility index (Phi) is 10.0. The number of rotatable bonds is 7. The first-order valence-corrected chi connectivity index (χ1v) is 9.06. The minimum Gasteiger partial charge on any atom is -0.380 e. The molecule has 2 aromatic rings. The Morgan fingerprint density at radius 3 is 2.65 bits per heavy atom. The van der Waals surface area contributed by atoms with E-state index in [-0.39, 0.29) is 36.4 Å². The van der Waals surface area contributed by atoms with Crippen LogP contribution < -0.4 is 10.6 Å². The van der Waals surface area contributed by atoms with E-state index in [4.69, 9.17) is 4.74 Å². The number of hydrogen-bond acceptors (Lipinski definition) is 4. The molecule has 0 fully saturated rings. The van der Waals surface area contributed by atoms with E-state index in [9.17, 15) is 4.39 Å². The molecule has 5 nitrogen and oxygen atoms in total. The maximum atomic E-state index is 13.6. The van der Waals surface area contributed by atoms with Crippen molar-refractivity contribution < 1.29 is 9.13 Å². The van der Waals surface area contributed by atoms with Crippen molar-refractivity contribution in [1.29, 1.82) is 0 Å². The second kappa shape index (κ2) is 11.5. The first-order valence-electron chi connectivity index (χ1n) is 8.18. The summed E-state index contributed by atoms with van der Waals surface area (Å²) in [6, 6.07) is 5.02.